The van der Waals surface area contributed by atoms with Crippen molar-refractivity contribution in [3.8, 4) is 0 Å². The van der Waals surface area contributed by atoms with Crippen LogP contribution in [-0.2, 0) is 16.0 Å². The van der Waals surface area contributed by atoms with Crippen LogP contribution < -0.4 is 10.2 Å². The van der Waals surface area contributed by atoms with Gasteiger partial charge in [0.15, 0.2) is 0 Å². The van der Waals surface area contributed by atoms with Crippen LogP contribution in [-0.4, -0.2) is 36.1 Å². The Morgan fingerprint density at radius 3 is 2.80 bits per heavy atom. The Morgan fingerprint density at radius 1 is 1.45 bits per heavy atom. The molecule has 0 saturated carbocycles. The molecular formula is C15H20N2O3. The third-order valence-corrected chi connectivity index (χ3v) is 3.72. The van der Waals surface area contributed by atoms with Crippen molar-refractivity contribution in [3.63, 3.8) is 0 Å². The van der Waals surface area contributed by atoms with Gasteiger partial charge >= 0.3 is 5.97 Å². The highest BCUT2D eigenvalue weighted by Crippen LogP contribution is 2.29. The molecule has 20 heavy (non-hydrogen) atoms. The first-order valence-electron chi connectivity index (χ1n) is 6.89. The molecule has 0 spiro atoms. The molecule has 108 valence electrons. The van der Waals surface area contributed by atoms with E-state index >= 15 is 0 Å². The second kappa shape index (κ2) is 5.94. The predicted molar refractivity (Wildman–Crippen MR) is 76.8 cm³/mol. The monoisotopic (exact) mass is 276 g/mol. The zero-order chi connectivity index (χ0) is 14.7. The third kappa shape index (κ3) is 2.92. The number of rotatable bonds is 4. The van der Waals surface area contributed by atoms with E-state index < -0.39 is 12.0 Å². The second-order valence-electron chi connectivity index (χ2n) is 5.14. The molecule has 0 fully saturated rings. The number of nitrogens with zero attached hydrogens (tertiary/aromatic N) is 1. The van der Waals surface area contributed by atoms with E-state index in [9.17, 15) is 9.59 Å². The van der Waals surface area contributed by atoms with Gasteiger partial charge in [-0.25, -0.2) is 0 Å². The Hall–Kier alpha value is -2.04. The highest BCUT2D eigenvalue weighted by atomic mass is 16.4. The first-order chi connectivity index (χ1) is 9.52. The van der Waals surface area contributed by atoms with Gasteiger partial charge in [-0.1, -0.05) is 18.2 Å². The molecule has 0 aromatic heterocycles. The van der Waals surface area contributed by atoms with Crippen LogP contribution in [0, 0.1) is 5.92 Å². The van der Waals surface area contributed by atoms with Crippen LogP contribution in [0.3, 0.4) is 0 Å². The minimum atomic E-state index is -1.01. The number of fused-ring (bicyclic) bond motifs is 1. The number of para-hydroxylation sites is 1. The van der Waals surface area contributed by atoms with Gasteiger partial charge in [0.2, 0.25) is 5.91 Å². The average molecular weight is 276 g/mol. The number of carboxylic acid groups (broad SMARTS) is 1. The molecule has 1 aliphatic heterocycles. The molecule has 1 aromatic carbocycles. The molecule has 1 aromatic rings. The van der Waals surface area contributed by atoms with E-state index in [0.717, 1.165) is 12.1 Å². The maximum atomic E-state index is 12.2. The molecule has 0 bridgehead atoms. The molecule has 1 aliphatic rings. The minimum Gasteiger partial charge on any atom is -0.480 e. The number of nitrogens with one attached hydrogen (secondary N) is 1. The van der Waals surface area contributed by atoms with Crippen LogP contribution in [0.1, 0.15) is 19.4 Å². The summed E-state index contributed by atoms with van der Waals surface area (Å²) in [6.45, 7) is 4.99. The zero-order valence-corrected chi connectivity index (χ0v) is 11.8. The maximum Gasteiger partial charge on any atom is 0.325 e. The minimum absolute atomic E-state index is 0.187. The number of benzene rings is 1. The molecule has 0 saturated heterocycles. The predicted octanol–water partition coefficient (Wildman–Crippen LogP) is 1.27. The smallest absolute Gasteiger partial charge is 0.325 e. The van der Waals surface area contributed by atoms with Gasteiger partial charge in [0.1, 0.15) is 6.04 Å². The van der Waals surface area contributed by atoms with E-state index in [1.165, 1.54) is 12.6 Å². The number of amides is 1. The first-order valence-corrected chi connectivity index (χ1v) is 6.89. The maximum absolute atomic E-state index is 12.2. The molecule has 5 nitrogen and oxygen atoms in total. The topological polar surface area (TPSA) is 69.6 Å². The van der Waals surface area contributed by atoms with Crippen LogP contribution in [0.25, 0.3) is 0 Å². The fourth-order valence-corrected chi connectivity index (χ4v) is 2.55. The molecule has 1 amide bonds. The number of hydrogen-bond acceptors (Lipinski definition) is 3. The van der Waals surface area contributed by atoms with Crippen LogP contribution in [0.4, 0.5) is 5.69 Å². The lowest BCUT2D eigenvalue weighted by Gasteiger charge is -2.35. The summed E-state index contributed by atoms with van der Waals surface area (Å²) in [5.74, 6) is -1.40. The fraction of sp³-hybridized carbons (Fsp3) is 0.467. The van der Waals surface area contributed by atoms with Crippen LogP contribution in [0.5, 0.6) is 0 Å². The van der Waals surface area contributed by atoms with E-state index in [1.54, 1.807) is 0 Å². The molecule has 0 unspecified atom stereocenters. The molecule has 0 aliphatic carbocycles. The summed E-state index contributed by atoms with van der Waals surface area (Å²) in [6.07, 6.45) is 0.658. The summed E-state index contributed by atoms with van der Waals surface area (Å²) in [5.41, 5.74) is 2.31. The van der Waals surface area contributed by atoms with Gasteiger partial charge in [0, 0.05) is 18.8 Å². The van der Waals surface area contributed by atoms with Crippen molar-refractivity contribution in [3.05, 3.63) is 29.8 Å². The molecule has 5 heteroatoms. The zero-order valence-electron chi connectivity index (χ0n) is 11.8. The largest absolute Gasteiger partial charge is 0.480 e. The van der Waals surface area contributed by atoms with Crippen molar-refractivity contribution in [2.45, 2.75) is 26.3 Å². The second-order valence-corrected chi connectivity index (χ2v) is 5.14. The van der Waals surface area contributed by atoms with Crippen molar-refractivity contribution in [1.82, 2.24) is 5.32 Å². The van der Waals surface area contributed by atoms with Crippen molar-refractivity contribution in [2.75, 3.05) is 18.0 Å². The van der Waals surface area contributed by atoms with Gasteiger partial charge in [-0.15, -0.1) is 0 Å². The summed E-state index contributed by atoms with van der Waals surface area (Å²) < 4.78 is 0. The lowest BCUT2D eigenvalue weighted by molar-refractivity contribution is -0.141. The average Bonchev–Trinajstić information content (AvgIpc) is 2.45. The van der Waals surface area contributed by atoms with Crippen LogP contribution >= 0.6 is 0 Å². The summed E-state index contributed by atoms with van der Waals surface area (Å²) in [6, 6.07) is 7.20. The normalized spacial score (nSPS) is 19.1. The Balaban J connectivity index is 2.12. The summed E-state index contributed by atoms with van der Waals surface area (Å²) in [4.78, 5) is 25.2. The van der Waals surface area contributed by atoms with Gasteiger partial charge in [-0.05, 0) is 31.9 Å². The van der Waals surface area contributed by atoms with E-state index in [4.69, 9.17) is 5.11 Å². The van der Waals surface area contributed by atoms with Crippen molar-refractivity contribution >= 4 is 17.6 Å². The molecular weight excluding hydrogens is 256 g/mol. The van der Waals surface area contributed by atoms with Gasteiger partial charge in [-0.2, -0.15) is 0 Å². The Labute approximate surface area is 118 Å². The van der Waals surface area contributed by atoms with Crippen molar-refractivity contribution in [2.24, 2.45) is 5.92 Å². The number of hydrogen-bond donors (Lipinski definition) is 2. The third-order valence-electron chi connectivity index (χ3n) is 3.72. The lowest BCUT2D eigenvalue weighted by Crippen LogP contribution is -2.47. The van der Waals surface area contributed by atoms with Crippen molar-refractivity contribution < 1.29 is 14.7 Å². The van der Waals surface area contributed by atoms with Gasteiger partial charge in [0.25, 0.3) is 0 Å². The highest BCUT2D eigenvalue weighted by Gasteiger charge is 2.29. The highest BCUT2D eigenvalue weighted by molar-refractivity contribution is 5.86. The summed E-state index contributed by atoms with van der Waals surface area (Å²) >= 11 is 0. The van der Waals surface area contributed by atoms with E-state index in [1.807, 2.05) is 18.2 Å². The summed E-state index contributed by atoms with van der Waals surface area (Å²) in [5, 5.41) is 11.4. The quantitative estimate of drug-likeness (QED) is 0.869. The Morgan fingerprint density at radius 2 is 2.15 bits per heavy atom. The Kier molecular flexibility index (Phi) is 4.27. The number of anilines is 1. The SMILES string of the molecule is CCN1C[C@H](C(=O)N[C@@H](C)C(=O)O)Cc2ccccc21. The van der Waals surface area contributed by atoms with Gasteiger partial charge in [0.05, 0.1) is 5.92 Å². The molecule has 0 radical (unpaired) electrons. The molecule has 1 heterocycles. The van der Waals surface area contributed by atoms with Crippen molar-refractivity contribution in [1.29, 1.82) is 0 Å². The van der Waals surface area contributed by atoms with E-state index in [2.05, 4.69) is 23.2 Å². The number of carbonyl (C=O) groups excluding carboxylic acids is 1. The van der Waals surface area contributed by atoms with Gasteiger partial charge in [-0.3, -0.25) is 9.59 Å². The van der Waals surface area contributed by atoms with E-state index in [0.29, 0.717) is 13.0 Å². The number of carbonyl (C=O) groups is 2. The molecule has 2 atom stereocenters. The lowest BCUT2D eigenvalue weighted by atomic mass is 9.91. The van der Waals surface area contributed by atoms with E-state index in [-0.39, 0.29) is 11.8 Å². The van der Waals surface area contributed by atoms with Crippen LogP contribution in [0.15, 0.2) is 24.3 Å². The number of carboxylic acids is 1. The fourth-order valence-electron chi connectivity index (χ4n) is 2.55. The molecule has 2 rings (SSSR count). The van der Waals surface area contributed by atoms with Gasteiger partial charge < -0.3 is 15.3 Å². The van der Waals surface area contributed by atoms with Crippen LogP contribution in [0.2, 0.25) is 0 Å². The molecule has 2 N–H and O–H groups in total. The first kappa shape index (κ1) is 14.4. The standard InChI is InChI=1S/C15H20N2O3/c1-3-17-9-12(14(18)16-10(2)15(19)20)8-11-6-4-5-7-13(11)17/h4-7,10,12H,3,8-9H2,1-2H3,(H,16,18)(H,19,20)/t10-,12+/m0/s1. The summed E-state index contributed by atoms with van der Waals surface area (Å²) in [7, 11) is 0. The Bertz CT molecular complexity index is 516. The number of aliphatic carboxylic acids is 1.